The number of anilines is 1. The first-order valence-corrected chi connectivity index (χ1v) is 7.89. The number of fused-ring (bicyclic) bond motifs is 1. The number of nitrogens with one attached hydrogen (secondary N) is 1. The Morgan fingerprint density at radius 3 is 2.77 bits per heavy atom. The van der Waals surface area contributed by atoms with Crippen molar-refractivity contribution in [1.29, 1.82) is 0 Å². The number of amides is 1. The Balaban J connectivity index is 1.61. The maximum absolute atomic E-state index is 11.9. The SMILES string of the molecule is Cc1ccc2oc(SCC(=O)Nc3ccc(Cl)cc3)nc2n1. The summed E-state index contributed by atoms with van der Waals surface area (Å²) in [7, 11) is 0. The molecule has 0 aliphatic heterocycles. The number of thioether (sulfide) groups is 1. The van der Waals surface area contributed by atoms with Gasteiger partial charge in [-0.25, -0.2) is 4.98 Å². The summed E-state index contributed by atoms with van der Waals surface area (Å²) in [5.74, 6) is 0.0627. The Labute approximate surface area is 136 Å². The van der Waals surface area contributed by atoms with E-state index in [1.54, 1.807) is 24.3 Å². The van der Waals surface area contributed by atoms with Crippen LogP contribution in [0.15, 0.2) is 46.0 Å². The van der Waals surface area contributed by atoms with Crippen LogP contribution < -0.4 is 5.32 Å². The molecule has 0 unspecified atom stereocenters. The molecule has 0 bridgehead atoms. The van der Waals surface area contributed by atoms with Crippen molar-refractivity contribution in [2.75, 3.05) is 11.1 Å². The fourth-order valence-corrected chi connectivity index (χ4v) is 2.57. The Kier molecular flexibility index (Phi) is 4.31. The smallest absolute Gasteiger partial charge is 0.258 e. The number of halogens is 1. The highest BCUT2D eigenvalue weighted by atomic mass is 35.5. The van der Waals surface area contributed by atoms with Gasteiger partial charge in [-0.3, -0.25) is 4.79 Å². The van der Waals surface area contributed by atoms with Gasteiger partial charge in [-0.05, 0) is 43.3 Å². The van der Waals surface area contributed by atoms with Gasteiger partial charge in [0.15, 0.2) is 11.2 Å². The molecule has 112 valence electrons. The second-order valence-electron chi connectivity index (χ2n) is 4.60. The van der Waals surface area contributed by atoms with E-state index in [0.717, 1.165) is 5.69 Å². The summed E-state index contributed by atoms with van der Waals surface area (Å²) in [5.41, 5.74) is 2.74. The third-order valence-electron chi connectivity index (χ3n) is 2.83. The van der Waals surface area contributed by atoms with Gasteiger partial charge in [0.1, 0.15) is 0 Å². The van der Waals surface area contributed by atoms with Crippen LogP contribution in [0.25, 0.3) is 11.2 Å². The monoisotopic (exact) mass is 333 g/mol. The van der Waals surface area contributed by atoms with Crippen molar-refractivity contribution in [3.8, 4) is 0 Å². The number of hydrogen-bond donors (Lipinski definition) is 1. The Bertz CT molecular complexity index is 817. The zero-order chi connectivity index (χ0) is 15.5. The van der Waals surface area contributed by atoms with Gasteiger partial charge in [0.05, 0.1) is 5.75 Å². The molecule has 0 aliphatic carbocycles. The fraction of sp³-hybridized carbons (Fsp3) is 0.133. The van der Waals surface area contributed by atoms with Crippen LogP contribution >= 0.6 is 23.4 Å². The van der Waals surface area contributed by atoms with E-state index in [-0.39, 0.29) is 11.7 Å². The van der Waals surface area contributed by atoms with Crippen molar-refractivity contribution in [3.05, 3.63) is 47.1 Å². The lowest BCUT2D eigenvalue weighted by Gasteiger charge is -2.03. The second kappa shape index (κ2) is 6.37. The predicted molar refractivity (Wildman–Crippen MR) is 87.3 cm³/mol. The van der Waals surface area contributed by atoms with Crippen molar-refractivity contribution >= 4 is 46.2 Å². The van der Waals surface area contributed by atoms with Crippen molar-refractivity contribution in [3.63, 3.8) is 0 Å². The number of benzene rings is 1. The fourth-order valence-electron chi connectivity index (χ4n) is 1.81. The van der Waals surface area contributed by atoms with Gasteiger partial charge in [0.2, 0.25) is 5.91 Å². The molecule has 0 aliphatic rings. The molecular weight excluding hydrogens is 322 g/mol. The van der Waals surface area contributed by atoms with E-state index in [0.29, 0.717) is 27.2 Å². The van der Waals surface area contributed by atoms with Gasteiger partial charge in [-0.1, -0.05) is 23.4 Å². The molecule has 0 fully saturated rings. The minimum atomic E-state index is -0.140. The first kappa shape index (κ1) is 14.9. The number of pyridine rings is 1. The van der Waals surface area contributed by atoms with E-state index in [4.69, 9.17) is 16.0 Å². The van der Waals surface area contributed by atoms with Crippen LogP contribution in [0.5, 0.6) is 0 Å². The Morgan fingerprint density at radius 1 is 1.23 bits per heavy atom. The number of nitrogens with zero attached hydrogens (tertiary/aromatic N) is 2. The quantitative estimate of drug-likeness (QED) is 0.733. The molecule has 3 aromatic rings. The number of carbonyl (C=O) groups excluding carboxylic acids is 1. The number of aryl methyl sites for hydroxylation is 1. The summed E-state index contributed by atoms with van der Waals surface area (Å²) in [4.78, 5) is 20.4. The standard InChI is InChI=1S/C15H12ClN3O2S/c1-9-2-7-12-14(17-9)19-15(21-12)22-8-13(20)18-11-5-3-10(16)4-6-11/h2-7H,8H2,1H3,(H,18,20). The molecule has 0 saturated carbocycles. The van der Waals surface area contributed by atoms with Crippen LogP contribution in [0.4, 0.5) is 5.69 Å². The van der Waals surface area contributed by atoms with Crippen molar-refractivity contribution < 1.29 is 9.21 Å². The molecule has 22 heavy (non-hydrogen) atoms. The third kappa shape index (κ3) is 3.58. The van der Waals surface area contributed by atoms with Crippen LogP contribution in [-0.2, 0) is 4.79 Å². The topological polar surface area (TPSA) is 68.0 Å². The third-order valence-corrected chi connectivity index (χ3v) is 3.91. The molecule has 1 amide bonds. The minimum absolute atomic E-state index is 0.140. The Hall–Kier alpha value is -2.05. The lowest BCUT2D eigenvalue weighted by molar-refractivity contribution is -0.113. The molecule has 0 radical (unpaired) electrons. The van der Waals surface area contributed by atoms with E-state index in [2.05, 4.69) is 15.3 Å². The molecule has 0 spiro atoms. The average Bonchev–Trinajstić information content (AvgIpc) is 2.89. The summed E-state index contributed by atoms with van der Waals surface area (Å²) in [6.07, 6.45) is 0. The maximum Gasteiger partial charge on any atom is 0.258 e. The number of carbonyl (C=O) groups is 1. The lowest BCUT2D eigenvalue weighted by Crippen LogP contribution is -2.13. The van der Waals surface area contributed by atoms with E-state index in [1.165, 1.54) is 11.8 Å². The van der Waals surface area contributed by atoms with Gasteiger partial charge < -0.3 is 9.73 Å². The molecule has 2 aromatic heterocycles. The first-order chi connectivity index (χ1) is 10.6. The second-order valence-corrected chi connectivity index (χ2v) is 5.96. The molecule has 3 rings (SSSR count). The maximum atomic E-state index is 11.9. The number of oxazole rings is 1. The summed E-state index contributed by atoms with van der Waals surface area (Å²) in [6, 6.07) is 10.6. The molecule has 1 aromatic carbocycles. The summed E-state index contributed by atoms with van der Waals surface area (Å²) >= 11 is 7.02. The number of rotatable bonds is 4. The highest BCUT2D eigenvalue weighted by Gasteiger charge is 2.10. The summed E-state index contributed by atoms with van der Waals surface area (Å²) in [5, 5.41) is 3.84. The first-order valence-electron chi connectivity index (χ1n) is 6.52. The zero-order valence-corrected chi connectivity index (χ0v) is 13.2. The number of aromatic nitrogens is 2. The van der Waals surface area contributed by atoms with Crippen molar-refractivity contribution in [2.24, 2.45) is 0 Å². The van der Waals surface area contributed by atoms with Gasteiger partial charge in [0, 0.05) is 16.4 Å². The summed E-state index contributed by atoms with van der Waals surface area (Å²) in [6.45, 7) is 1.89. The molecule has 7 heteroatoms. The molecule has 0 atom stereocenters. The van der Waals surface area contributed by atoms with Gasteiger partial charge in [0.25, 0.3) is 5.22 Å². The van der Waals surface area contributed by atoms with Crippen LogP contribution in [0.1, 0.15) is 5.69 Å². The highest BCUT2D eigenvalue weighted by Crippen LogP contribution is 2.22. The molecule has 5 nitrogen and oxygen atoms in total. The Morgan fingerprint density at radius 2 is 2.00 bits per heavy atom. The van der Waals surface area contributed by atoms with E-state index >= 15 is 0 Å². The molecule has 1 N–H and O–H groups in total. The molecule has 2 heterocycles. The van der Waals surface area contributed by atoms with E-state index in [1.807, 2.05) is 19.1 Å². The van der Waals surface area contributed by atoms with Crippen LogP contribution in [0, 0.1) is 6.92 Å². The van der Waals surface area contributed by atoms with Crippen LogP contribution in [-0.4, -0.2) is 21.6 Å². The molecular formula is C15H12ClN3O2S. The summed E-state index contributed by atoms with van der Waals surface area (Å²) < 4.78 is 5.53. The average molecular weight is 334 g/mol. The van der Waals surface area contributed by atoms with Crippen molar-refractivity contribution in [1.82, 2.24) is 9.97 Å². The number of hydrogen-bond acceptors (Lipinski definition) is 5. The lowest BCUT2D eigenvalue weighted by atomic mass is 10.3. The zero-order valence-electron chi connectivity index (χ0n) is 11.7. The minimum Gasteiger partial charge on any atom is -0.430 e. The van der Waals surface area contributed by atoms with Gasteiger partial charge in [-0.15, -0.1) is 0 Å². The van der Waals surface area contributed by atoms with E-state index < -0.39 is 0 Å². The van der Waals surface area contributed by atoms with Crippen LogP contribution in [0.2, 0.25) is 5.02 Å². The largest absolute Gasteiger partial charge is 0.430 e. The van der Waals surface area contributed by atoms with Gasteiger partial charge >= 0.3 is 0 Å². The van der Waals surface area contributed by atoms with Gasteiger partial charge in [-0.2, -0.15) is 4.98 Å². The van der Waals surface area contributed by atoms with Crippen LogP contribution in [0.3, 0.4) is 0 Å². The normalized spacial score (nSPS) is 10.8. The predicted octanol–water partition coefficient (Wildman–Crippen LogP) is 3.92. The highest BCUT2D eigenvalue weighted by molar-refractivity contribution is 7.99. The van der Waals surface area contributed by atoms with E-state index in [9.17, 15) is 4.79 Å². The van der Waals surface area contributed by atoms with Crippen molar-refractivity contribution in [2.45, 2.75) is 12.1 Å². The molecule has 0 saturated heterocycles.